The van der Waals surface area contributed by atoms with Crippen molar-refractivity contribution >= 4 is 23.4 Å². The molecule has 2 aromatic carbocycles. The van der Waals surface area contributed by atoms with Gasteiger partial charge in [0.25, 0.3) is 5.91 Å². The second kappa shape index (κ2) is 11.5. The summed E-state index contributed by atoms with van der Waals surface area (Å²) in [6.45, 7) is 1.99. The average molecular weight is 509 g/mol. The third-order valence-electron chi connectivity index (χ3n) is 6.36. The van der Waals surface area contributed by atoms with E-state index in [2.05, 4.69) is 20.6 Å². The van der Waals surface area contributed by atoms with Crippen molar-refractivity contribution in [1.29, 1.82) is 0 Å². The maximum atomic E-state index is 13.3. The van der Waals surface area contributed by atoms with E-state index in [1.807, 2.05) is 12.1 Å². The smallest absolute Gasteiger partial charge is 0.255 e. The zero-order valence-corrected chi connectivity index (χ0v) is 20.8. The molecule has 0 radical (unpaired) electrons. The van der Waals surface area contributed by atoms with Crippen molar-refractivity contribution < 1.29 is 19.4 Å². The Morgan fingerprint density at radius 2 is 1.78 bits per heavy atom. The lowest BCUT2D eigenvalue weighted by Crippen LogP contribution is -2.59. The van der Waals surface area contributed by atoms with Gasteiger partial charge < -0.3 is 20.5 Å². The molecule has 0 bridgehead atoms. The molecule has 1 fully saturated rings. The van der Waals surface area contributed by atoms with Crippen LogP contribution >= 0.6 is 11.6 Å². The van der Waals surface area contributed by atoms with Crippen molar-refractivity contribution in [1.82, 2.24) is 20.6 Å². The van der Waals surface area contributed by atoms with Crippen molar-refractivity contribution in [3.05, 3.63) is 82.9 Å². The van der Waals surface area contributed by atoms with E-state index in [0.717, 1.165) is 24.8 Å². The second-order valence-corrected chi connectivity index (χ2v) is 9.43. The van der Waals surface area contributed by atoms with Gasteiger partial charge in [-0.3, -0.25) is 9.59 Å². The Morgan fingerprint density at radius 1 is 1.08 bits per heavy atom. The van der Waals surface area contributed by atoms with E-state index in [4.69, 9.17) is 16.3 Å². The third-order valence-corrected chi connectivity index (χ3v) is 6.66. The van der Waals surface area contributed by atoms with Crippen molar-refractivity contribution in [2.75, 3.05) is 0 Å². The molecule has 1 saturated carbocycles. The van der Waals surface area contributed by atoms with E-state index in [9.17, 15) is 14.7 Å². The van der Waals surface area contributed by atoms with Crippen LogP contribution in [0.1, 0.15) is 66.6 Å². The predicted octanol–water partition coefficient (Wildman–Crippen LogP) is 4.72. The Hall–Kier alpha value is -3.49. The van der Waals surface area contributed by atoms with E-state index in [1.54, 1.807) is 37.3 Å². The molecule has 1 unspecified atom stereocenters. The molecule has 2 amide bonds. The number of aromatic nitrogens is 2. The molecule has 1 aromatic heterocycles. The first-order valence-electron chi connectivity index (χ1n) is 12.0. The van der Waals surface area contributed by atoms with Crippen LogP contribution in [0.3, 0.4) is 0 Å². The van der Waals surface area contributed by atoms with Gasteiger partial charge in [-0.15, -0.1) is 0 Å². The molecule has 9 heteroatoms. The molecule has 4 rings (SSSR count). The van der Waals surface area contributed by atoms with Gasteiger partial charge in [0.2, 0.25) is 5.91 Å². The minimum absolute atomic E-state index is 0.197. The highest BCUT2D eigenvalue weighted by molar-refractivity contribution is 6.32. The number of hydrogen-bond acceptors (Lipinski definition) is 6. The van der Waals surface area contributed by atoms with Gasteiger partial charge in [-0.05, 0) is 55.2 Å². The minimum Gasteiger partial charge on any atom is -0.456 e. The van der Waals surface area contributed by atoms with E-state index >= 15 is 0 Å². The SMILES string of the molecule is CC(O)c1ccc(Oc2ccc(CNC(=O)C3(NC(=O)c4cncnc4)CCCCC3)cc2)c(Cl)c1. The van der Waals surface area contributed by atoms with E-state index in [1.165, 1.54) is 18.7 Å². The Labute approximate surface area is 215 Å². The topological polar surface area (TPSA) is 113 Å². The number of carbonyl (C=O) groups excluding carboxylic acids is 2. The lowest BCUT2D eigenvalue weighted by atomic mass is 9.80. The van der Waals surface area contributed by atoms with Crippen LogP contribution < -0.4 is 15.4 Å². The fourth-order valence-corrected chi connectivity index (χ4v) is 4.51. The third kappa shape index (κ3) is 6.19. The van der Waals surface area contributed by atoms with Gasteiger partial charge in [-0.1, -0.05) is 49.1 Å². The summed E-state index contributed by atoms with van der Waals surface area (Å²) in [5.74, 6) is 0.533. The van der Waals surface area contributed by atoms with Gasteiger partial charge in [-0.2, -0.15) is 0 Å². The lowest BCUT2D eigenvalue weighted by molar-refractivity contribution is -0.128. The molecular weight excluding hydrogens is 480 g/mol. The highest BCUT2D eigenvalue weighted by Gasteiger charge is 2.40. The first-order valence-corrected chi connectivity index (χ1v) is 12.3. The molecule has 8 nitrogen and oxygen atoms in total. The number of aliphatic hydroxyl groups excluding tert-OH is 1. The first kappa shape index (κ1) is 25.6. The summed E-state index contributed by atoms with van der Waals surface area (Å²) in [4.78, 5) is 33.8. The number of carbonyl (C=O) groups is 2. The van der Waals surface area contributed by atoms with E-state index in [0.29, 0.717) is 47.0 Å². The Bertz CT molecular complexity index is 1200. The van der Waals surface area contributed by atoms with Crippen LogP contribution in [0.15, 0.2) is 61.2 Å². The molecule has 0 saturated heterocycles. The summed E-state index contributed by atoms with van der Waals surface area (Å²) < 4.78 is 5.86. The van der Waals surface area contributed by atoms with Crippen LogP contribution in [0.5, 0.6) is 11.5 Å². The number of ether oxygens (including phenoxy) is 1. The number of aliphatic hydroxyl groups is 1. The highest BCUT2D eigenvalue weighted by Crippen LogP contribution is 2.32. The maximum absolute atomic E-state index is 13.3. The number of amides is 2. The fourth-order valence-electron chi connectivity index (χ4n) is 4.28. The Kier molecular flexibility index (Phi) is 8.18. The minimum atomic E-state index is -0.955. The van der Waals surface area contributed by atoms with Gasteiger partial charge in [0.1, 0.15) is 23.4 Å². The molecule has 3 aromatic rings. The van der Waals surface area contributed by atoms with Gasteiger partial charge in [0.05, 0.1) is 16.7 Å². The molecule has 188 valence electrons. The zero-order chi connectivity index (χ0) is 25.5. The zero-order valence-electron chi connectivity index (χ0n) is 20.0. The van der Waals surface area contributed by atoms with Crippen molar-refractivity contribution in [3.63, 3.8) is 0 Å². The quantitative estimate of drug-likeness (QED) is 0.405. The molecule has 0 aliphatic heterocycles. The number of benzene rings is 2. The highest BCUT2D eigenvalue weighted by atomic mass is 35.5. The van der Waals surface area contributed by atoms with Gasteiger partial charge in [0, 0.05) is 18.9 Å². The van der Waals surface area contributed by atoms with Crippen molar-refractivity contribution in [2.45, 2.75) is 57.2 Å². The number of nitrogens with one attached hydrogen (secondary N) is 2. The normalized spacial score (nSPS) is 15.5. The monoisotopic (exact) mass is 508 g/mol. The lowest BCUT2D eigenvalue weighted by Gasteiger charge is -2.36. The number of halogens is 1. The molecule has 3 N–H and O–H groups in total. The number of nitrogens with zero attached hydrogens (tertiary/aromatic N) is 2. The second-order valence-electron chi connectivity index (χ2n) is 9.02. The van der Waals surface area contributed by atoms with E-state index < -0.39 is 11.6 Å². The predicted molar refractivity (Wildman–Crippen MR) is 136 cm³/mol. The van der Waals surface area contributed by atoms with Crippen molar-refractivity contribution in [2.24, 2.45) is 0 Å². The van der Waals surface area contributed by atoms with Crippen LogP contribution in [0, 0.1) is 0 Å². The molecule has 1 aliphatic carbocycles. The Balaban J connectivity index is 1.38. The van der Waals surface area contributed by atoms with Gasteiger partial charge in [0.15, 0.2) is 0 Å². The van der Waals surface area contributed by atoms with Crippen LogP contribution in [0.4, 0.5) is 0 Å². The molecular formula is C27H29ClN4O4. The van der Waals surface area contributed by atoms with Crippen LogP contribution in [-0.4, -0.2) is 32.4 Å². The van der Waals surface area contributed by atoms with Gasteiger partial charge in [-0.25, -0.2) is 9.97 Å². The average Bonchev–Trinajstić information content (AvgIpc) is 2.90. The van der Waals surface area contributed by atoms with E-state index in [-0.39, 0.29) is 11.8 Å². The molecule has 1 atom stereocenters. The molecule has 0 spiro atoms. The van der Waals surface area contributed by atoms with Crippen LogP contribution in [0.25, 0.3) is 0 Å². The number of hydrogen-bond donors (Lipinski definition) is 3. The molecule has 1 aliphatic rings. The maximum Gasteiger partial charge on any atom is 0.255 e. The van der Waals surface area contributed by atoms with Crippen molar-refractivity contribution in [3.8, 4) is 11.5 Å². The fraction of sp³-hybridized carbons (Fsp3) is 0.333. The molecule has 1 heterocycles. The molecule has 36 heavy (non-hydrogen) atoms. The summed E-state index contributed by atoms with van der Waals surface area (Å²) >= 11 is 6.28. The van der Waals surface area contributed by atoms with Crippen LogP contribution in [-0.2, 0) is 11.3 Å². The summed E-state index contributed by atoms with van der Waals surface area (Å²) in [6.07, 6.45) is 7.56. The Morgan fingerprint density at radius 3 is 2.42 bits per heavy atom. The van der Waals surface area contributed by atoms with Crippen LogP contribution in [0.2, 0.25) is 5.02 Å². The number of rotatable bonds is 8. The summed E-state index contributed by atoms with van der Waals surface area (Å²) in [7, 11) is 0. The first-order chi connectivity index (χ1) is 17.4. The summed E-state index contributed by atoms with van der Waals surface area (Å²) in [6, 6.07) is 12.5. The largest absolute Gasteiger partial charge is 0.456 e. The summed E-state index contributed by atoms with van der Waals surface area (Å²) in [5.41, 5.74) is 0.970. The summed E-state index contributed by atoms with van der Waals surface area (Å²) in [5, 5.41) is 16.0. The van der Waals surface area contributed by atoms with Gasteiger partial charge >= 0.3 is 0 Å². The standard InChI is InChI=1S/C27H29ClN4O4/c1-18(33)20-7-10-24(23(28)13-20)36-22-8-5-19(6-9-22)14-31-26(35)27(11-3-2-4-12-27)32-25(34)21-15-29-17-30-16-21/h5-10,13,15-18,33H,2-4,11-12,14H2,1H3,(H,31,35)(H,32,34).